The van der Waals surface area contributed by atoms with E-state index in [4.69, 9.17) is 4.74 Å². The van der Waals surface area contributed by atoms with E-state index in [2.05, 4.69) is 68.4 Å². The van der Waals surface area contributed by atoms with Gasteiger partial charge in [0.15, 0.2) is 0 Å². The van der Waals surface area contributed by atoms with Crippen LogP contribution in [0.4, 0.5) is 0 Å². The summed E-state index contributed by atoms with van der Waals surface area (Å²) in [5.41, 5.74) is 9.32. The van der Waals surface area contributed by atoms with Crippen LogP contribution >= 0.6 is 0 Å². The third-order valence-corrected chi connectivity index (χ3v) is 4.95. The van der Waals surface area contributed by atoms with Crippen molar-refractivity contribution >= 4 is 11.1 Å². The number of rotatable bonds is 4. The Hall–Kier alpha value is -2.80. The summed E-state index contributed by atoms with van der Waals surface area (Å²) in [7, 11) is 0. The van der Waals surface area contributed by atoms with E-state index in [1.54, 1.807) is 0 Å². The van der Waals surface area contributed by atoms with Crippen LogP contribution in [0.1, 0.15) is 34.7 Å². The van der Waals surface area contributed by atoms with Crippen molar-refractivity contribution in [3.63, 3.8) is 0 Å². The number of allylic oxidation sites excluding steroid dienone is 2. The van der Waals surface area contributed by atoms with Crippen LogP contribution in [0.15, 0.2) is 72.8 Å². The molecule has 0 spiro atoms. The van der Waals surface area contributed by atoms with Gasteiger partial charge >= 0.3 is 0 Å². The van der Waals surface area contributed by atoms with Crippen molar-refractivity contribution in [2.45, 2.75) is 26.9 Å². The summed E-state index contributed by atoms with van der Waals surface area (Å²) in [5, 5.41) is 0. The zero-order valence-corrected chi connectivity index (χ0v) is 14.8. The lowest BCUT2D eigenvalue weighted by Gasteiger charge is -2.09. The zero-order valence-electron chi connectivity index (χ0n) is 14.8. The van der Waals surface area contributed by atoms with Crippen LogP contribution in [-0.4, -0.2) is 0 Å². The smallest absolute Gasteiger partial charge is 0.120 e. The molecule has 0 saturated carbocycles. The Morgan fingerprint density at radius 3 is 2.36 bits per heavy atom. The van der Waals surface area contributed by atoms with Gasteiger partial charge in [-0.15, -0.1) is 0 Å². The third kappa shape index (κ3) is 3.23. The molecule has 1 nitrogen and oxygen atoms in total. The molecule has 124 valence electrons. The van der Waals surface area contributed by atoms with Gasteiger partial charge in [0.05, 0.1) is 0 Å². The van der Waals surface area contributed by atoms with Gasteiger partial charge in [-0.05, 0) is 65.8 Å². The van der Waals surface area contributed by atoms with Crippen LogP contribution < -0.4 is 4.74 Å². The summed E-state index contributed by atoms with van der Waals surface area (Å²) in [4.78, 5) is 0. The molecule has 1 aliphatic carbocycles. The first kappa shape index (κ1) is 15.7. The van der Waals surface area contributed by atoms with Crippen LogP contribution in [0.5, 0.6) is 5.75 Å². The Kier molecular flexibility index (Phi) is 4.15. The zero-order chi connectivity index (χ0) is 17.2. The fraction of sp³-hybridized carbons (Fsp3) is 0.167. The maximum Gasteiger partial charge on any atom is 0.120 e. The first-order valence-corrected chi connectivity index (χ1v) is 8.77. The van der Waals surface area contributed by atoms with Crippen LogP contribution in [0.25, 0.3) is 11.1 Å². The average molecular weight is 326 g/mol. The van der Waals surface area contributed by atoms with Crippen LogP contribution in [-0.2, 0) is 13.0 Å². The quantitative estimate of drug-likeness (QED) is 0.566. The topological polar surface area (TPSA) is 9.23 Å². The lowest BCUT2D eigenvalue weighted by atomic mass is 10.0. The Morgan fingerprint density at radius 2 is 1.60 bits per heavy atom. The maximum atomic E-state index is 6.00. The lowest BCUT2D eigenvalue weighted by Crippen LogP contribution is -1.96. The Balaban J connectivity index is 1.58. The number of fused-ring (bicyclic) bond motifs is 1. The molecule has 1 aliphatic rings. The normalized spacial score (nSPS) is 13.0. The molecular weight excluding hydrogens is 304 g/mol. The number of hydrogen-bond donors (Lipinski definition) is 0. The molecule has 4 rings (SSSR count). The van der Waals surface area contributed by atoms with Gasteiger partial charge in [-0.2, -0.15) is 0 Å². The molecule has 0 saturated heterocycles. The predicted molar refractivity (Wildman–Crippen MR) is 105 cm³/mol. The van der Waals surface area contributed by atoms with Crippen molar-refractivity contribution in [3.8, 4) is 5.75 Å². The molecule has 0 bridgehead atoms. The lowest BCUT2D eigenvalue weighted by molar-refractivity contribution is 0.306. The summed E-state index contributed by atoms with van der Waals surface area (Å²) < 4.78 is 6.00. The van der Waals surface area contributed by atoms with Crippen molar-refractivity contribution in [3.05, 3.63) is 101 Å². The first-order chi connectivity index (χ1) is 12.2. The fourth-order valence-corrected chi connectivity index (χ4v) is 3.45. The first-order valence-electron chi connectivity index (χ1n) is 8.77. The number of hydrogen-bond acceptors (Lipinski definition) is 1. The second-order valence-corrected chi connectivity index (χ2v) is 6.74. The highest BCUT2D eigenvalue weighted by atomic mass is 16.5. The minimum atomic E-state index is 0.604. The molecule has 0 unspecified atom stereocenters. The molecule has 0 aromatic heterocycles. The van der Waals surface area contributed by atoms with Crippen molar-refractivity contribution < 1.29 is 4.74 Å². The highest BCUT2D eigenvalue weighted by molar-refractivity contribution is 5.96. The van der Waals surface area contributed by atoms with E-state index in [1.165, 1.54) is 39.0 Å². The Bertz CT molecular complexity index is 918. The van der Waals surface area contributed by atoms with Gasteiger partial charge in [-0.1, -0.05) is 66.2 Å². The van der Waals surface area contributed by atoms with Gasteiger partial charge in [0, 0.05) is 0 Å². The predicted octanol–water partition coefficient (Wildman–Crippen LogP) is 6.06. The molecule has 1 heteroatoms. The fourth-order valence-electron chi connectivity index (χ4n) is 3.45. The highest BCUT2D eigenvalue weighted by Gasteiger charge is 2.20. The number of benzene rings is 3. The van der Waals surface area contributed by atoms with E-state index in [-0.39, 0.29) is 0 Å². The van der Waals surface area contributed by atoms with Crippen LogP contribution in [0.2, 0.25) is 0 Å². The second-order valence-electron chi connectivity index (χ2n) is 6.74. The van der Waals surface area contributed by atoms with Crippen molar-refractivity contribution in [2.75, 3.05) is 0 Å². The van der Waals surface area contributed by atoms with E-state index >= 15 is 0 Å². The largest absolute Gasteiger partial charge is 0.489 e. The minimum Gasteiger partial charge on any atom is -0.489 e. The van der Waals surface area contributed by atoms with Gasteiger partial charge in [0.1, 0.15) is 12.4 Å². The van der Waals surface area contributed by atoms with Gasteiger partial charge in [0.2, 0.25) is 0 Å². The van der Waals surface area contributed by atoms with E-state index < -0.39 is 0 Å². The van der Waals surface area contributed by atoms with Gasteiger partial charge in [-0.3, -0.25) is 0 Å². The highest BCUT2D eigenvalue weighted by Crippen LogP contribution is 2.39. The van der Waals surface area contributed by atoms with Crippen LogP contribution in [0.3, 0.4) is 0 Å². The van der Waals surface area contributed by atoms with E-state index in [0.717, 1.165) is 12.2 Å². The molecule has 0 heterocycles. The summed E-state index contributed by atoms with van der Waals surface area (Å²) >= 11 is 0. The Labute approximate surface area is 149 Å². The average Bonchev–Trinajstić information content (AvgIpc) is 2.98. The van der Waals surface area contributed by atoms with E-state index in [9.17, 15) is 0 Å². The molecule has 0 amide bonds. The molecule has 3 aromatic rings. The van der Waals surface area contributed by atoms with Crippen molar-refractivity contribution in [1.82, 2.24) is 0 Å². The summed E-state index contributed by atoms with van der Waals surface area (Å²) in [6.07, 6.45) is 1.00. The van der Waals surface area contributed by atoms with E-state index in [0.29, 0.717) is 6.61 Å². The molecular formula is C24H22O. The summed E-state index contributed by atoms with van der Waals surface area (Å²) in [6, 6.07) is 25.6. The second kappa shape index (κ2) is 6.60. The van der Waals surface area contributed by atoms with Gasteiger partial charge in [-0.25, -0.2) is 0 Å². The number of ether oxygens (including phenoxy) is 1. The molecule has 0 N–H and O–H groups in total. The van der Waals surface area contributed by atoms with E-state index in [1.807, 2.05) is 18.2 Å². The summed E-state index contributed by atoms with van der Waals surface area (Å²) in [5.74, 6) is 0.937. The molecule has 0 radical (unpaired) electrons. The monoisotopic (exact) mass is 326 g/mol. The van der Waals surface area contributed by atoms with Crippen LogP contribution in [0, 0.1) is 6.92 Å². The van der Waals surface area contributed by atoms with Crippen molar-refractivity contribution in [2.24, 2.45) is 0 Å². The summed E-state index contributed by atoms with van der Waals surface area (Å²) in [6.45, 7) is 4.96. The minimum absolute atomic E-state index is 0.604. The van der Waals surface area contributed by atoms with Gasteiger partial charge in [0.25, 0.3) is 0 Å². The molecule has 3 aromatic carbocycles. The maximum absolute atomic E-state index is 6.00. The molecule has 0 fully saturated rings. The van der Waals surface area contributed by atoms with Crippen molar-refractivity contribution in [1.29, 1.82) is 0 Å². The Morgan fingerprint density at radius 1 is 0.840 bits per heavy atom. The van der Waals surface area contributed by atoms with Gasteiger partial charge < -0.3 is 4.74 Å². The molecule has 25 heavy (non-hydrogen) atoms. The standard InChI is InChI=1S/C24H22O/c1-17-8-10-20(11-9-17)23-14-21-12-13-22(15-24(21)18(23)2)25-16-19-6-4-3-5-7-19/h3-13,15H,14,16H2,1-2H3. The molecule has 0 aliphatic heterocycles. The molecule has 0 atom stereocenters. The third-order valence-electron chi connectivity index (χ3n) is 4.95. The SMILES string of the molecule is CC1=C(c2ccc(C)cc2)Cc2ccc(OCc3ccccc3)cc21. The number of aryl methyl sites for hydroxylation is 1.